The number of nitrogens with zero attached hydrogens (tertiary/aromatic N) is 1. The van der Waals surface area contributed by atoms with Gasteiger partial charge in [-0.2, -0.15) is 0 Å². The zero-order chi connectivity index (χ0) is 22.3. The molecule has 1 atom stereocenters. The molecule has 2 N–H and O–H groups in total. The lowest BCUT2D eigenvalue weighted by molar-refractivity contribution is -0.141. The summed E-state index contributed by atoms with van der Waals surface area (Å²) < 4.78 is 10.3. The van der Waals surface area contributed by atoms with Gasteiger partial charge in [0.15, 0.2) is 0 Å². The van der Waals surface area contributed by atoms with Gasteiger partial charge in [0.2, 0.25) is 5.91 Å². The minimum Gasteiger partial charge on any atom is -0.460 e. The molecule has 2 rings (SSSR count). The quantitative estimate of drug-likeness (QED) is 0.475. The molecule has 0 fully saturated rings. The number of hydrogen-bond donors (Lipinski definition) is 2. The van der Waals surface area contributed by atoms with Crippen LogP contribution in [0.1, 0.15) is 45.7 Å². The van der Waals surface area contributed by atoms with Gasteiger partial charge in [-0.05, 0) is 31.0 Å². The van der Waals surface area contributed by atoms with Crippen LogP contribution in [0.4, 0.5) is 10.5 Å². The van der Waals surface area contributed by atoms with E-state index in [1.165, 1.54) is 7.11 Å². The van der Waals surface area contributed by atoms with Gasteiger partial charge >= 0.3 is 12.0 Å². The Morgan fingerprint density at radius 2 is 2.00 bits per heavy atom. The van der Waals surface area contributed by atoms with Crippen molar-refractivity contribution in [2.75, 3.05) is 32.2 Å². The Bertz CT molecular complexity index is 819. The third-order valence-electron chi connectivity index (χ3n) is 4.80. The van der Waals surface area contributed by atoms with Crippen molar-refractivity contribution in [2.45, 2.75) is 40.2 Å². The molecule has 1 aliphatic rings. The fourth-order valence-electron chi connectivity index (χ4n) is 3.17. The summed E-state index contributed by atoms with van der Waals surface area (Å²) in [6.07, 6.45) is 0.748. The molecule has 1 heterocycles. The highest BCUT2D eigenvalue weighted by Crippen LogP contribution is 2.32. The van der Waals surface area contributed by atoms with Crippen LogP contribution in [-0.4, -0.2) is 49.7 Å². The predicted octanol–water partition coefficient (Wildman–Crippen LogP) is 3.22. The molecule has 0 bridgehead atoms. The minimum absolute atomic E-state index is 0.111. The van der Waals surface area contributed by atoms with Gasteiger partial charge in [0.05, 0.1) is 18.2 Å². The zero-order valence-corrected chi connectivity index (χ0v) is 18.3. The molecule has 1 aromatic rings. The molecular weight excluding hydrogens is 386 g/mol. The van der Waals surface area contributed by atoms with Crippen molar-refractivity contribution in [1.82, 2.24) is 10.2 Å². The number of methoxy groups -OCH3 is 1. The number of nitrogens with one attached hydrogen (secondary N) is 2. The molecule has 0 saturated heterocycles. The van der Waals surface area contributed by atoms with Gasteiger partial charge in [-0.15, -0.1) is 0 Å². The number of allylic oxidation sites excluding steroid dienone is 1. The predicted molar refractivity (Wildman–Crippen MR) is 114 cm³/mol. The van der Waals surface area contributed by atoms with Crippen molar-refractivity contribution >= 4 is 23.6 Å². The first-order chi connectivity index (χ1) is 14.3. The summed E-state index contributed by atoms with van der Waals surface area (Å²) in [4.78, 5) is 39.2. The van der Waals surface area contributed by atoms with Gasteiger partial charge in [0, 0.05) is 31.0 Å². The summed E-state index contributed by atoms with van der Waals surface area (Å²) >= 11 is 0. The number of hydrogen-bond acceptors (Lipinski definition) is 5. The largest absolute Gasteiger partial charge is 0.460 e. The molecule has 1 aromatic carbocycles. The van der Waals surface area contributed by atoms with Crippen LogP contribution in [0.15, 0.2) is 35.5 Å². The molecule has 0 unspecified atom stereocenters. The van der Waals surface area contributed by atoms with Crippen LogP contribution in [-0.2, 0) is 19.1 Å². The van der Waals surface area contributed by atoms with E-state index in [9.17, 15) is 14.4 Å². The van der Waals surface area contributed by atoms with Crippen molar-refractivity contribution in [3.8, 4) is 0 Å². The molecular formula is C22H31N3O5. The second-order valence-electron chi connectivity index (χ2n) is 7.43. The van der Waals surface area contributed by atoms with Gasteiger partial charge in [0.1, 0.15) is 6.61 Å². The first-order valence-electron chi connectivity index (χ1n) is 10.2. The van der Waals surface area contributed by atoms with Crippen LogP contribution in [0, 0.1) is 5.92 Å². The Kier molecular flexibility index (Phi) is 8.41. The van der Waals surface area contributed by atoms with Crippen LogP contribution < -0.4 is 10.6 Å². The maximum absolute atomic E-state index is 12.9. The minimum atomic E-state index is -0.684. The molecule has 0 saturated carbocycles. The smallest absolute Gasteiger partial charge is 0.338 e. The van der Waals surface area contributed by atoms with Gasteiger partial charge in [-0.3, -0.25) is 9.69 Å². The normalized spacial score (nSPS) is 16.5. The fourth-order valence-corrected chi connectivity index (χ4v) is 3.17. The third-order valence-corrected chi connectivity index (χ3v) is 4.80. The Hall–Kier alpha value is -2.87. The number of rotatable bonds is 9. The summed E-state index contributed by atoms with van der Waals surface area (Å²) in [5, 5.41) is 5.75. The van der Waals surface area contributed by atoms with Crippen LogP contribution in [0.5, 0.6) is 0 Å². The Morgan fingerprint density at radius 3 is 2.63 bits per heavy atom. The zero-order valence-electron chi connectivity index (χ0n) is 18.3. The number of amides is 3. The van der Waals surface area contributed by atoms with E-state index in [0.717, 1.165) is 6.42 Å². The lowest BCUT2D eigenvalue weighted by Crippen LogP contribution is -2.48. The van der Waals surface area contributed by atoms with E-state index in [1.54, 1.807) is 36.1 Å². The number of urea groups is 1. The van der Waals surface area contributed by atoms with Crippen LogP contribution >= 0.6 is 0 Å². The van der Waals surface area contributed by atoms with E-state index in [4.69, 9.17) is 9.47 Å². The molecule has 0 radical (unpaired) electrons. The summed E-state index contributed by atoms with van der Waals surface area (Å²) in [6.45, 7) is 8.22. The van der Waals surface area contributed by atoms with Crippen molar-refractivity contribution in [3.05, 3.63) is 41.1 Å². The van der Waals surface area contributed by atoms with Crippen LogP contribution in [0.2, 0.25) is 0 Å². The monoisotopic (exact) mass is 417 g/mol. The molecule has 1 aliphatic heterocycles. The van der Waals surface area contributed by atoms with Gasteiger partial charge in [0.25, 0.3) is 0 Å². The first-order valence-corrected chi connectivity index (χ1v) is 10.2. The second-order valence-corrected chi connectivity index (χ2v) is 7.43. The lowest BCUT2D eigenvalue weighted by atomic mass is 9.94. The Labute approximate surface area is 177 Å². The lowest BCUT2D eigenvalue weighted by Gasteiger charge is -2.35. The maximum atomic E-state index is 12.9. The van der Waals surface area contributed by atoms with E-state index in [1.807, 2.05) is 20.8 Å². The summed E-state index contributed by atoms with van der Waals surface area (Å²) in [5.74, 6) is -0.786. The number of benzene rings is 1. The first kappa shape index (κ1) is 23.4. The molecule has 8 nitrogen and oxygen atoms in total. The molecule has 0 aliphatic carbocycles. The highest BCUT2D eigenvalue weighted by Gasteiger charge is 2.36. The van der Waals surface area contributed by atoms with Crippen molar-refractivity contribution in [3.63, 3.8) is 0 Å². The third kappa shape index (κ3) is 5.60. The number of esters is 1. The molecule has 0 aromatic heterocycles. The molecule has 30 heavy (non-hydrogen) atoms. The SMILES string of the molecule is CCCN1C(=O)N[C@@H](c2cccc(NC(=O)C(C)C)c2)C(C(=O)OCCOC)=C1C. The second kappa shape index (κ2) is 10.8. The number of carbonyl (C=O) groups is 3. The highest BCUT2D eigenvalue weighted by molar-refractivity contribution is 5.95. The summed E-state index contributed by atoms with van der Waals surface area (Å²) in [6, 6.07) is 6.16. The average Bonchev–Trinajstić information content (AvgIpc) is 2.70. The Balaban J connectivity index is 2.41. The van der Waals surface area contributed by atoms with Crippen molar-refractivity contribution in [2.24, 2.45) is 5.92 Å². The topological polar surface area (TPSA) is 97.0 Å². The highest BCUT2D eigenvalue weighted by atomic mass is 16.6. The van der Waals surface area contributed by atoms with E-state index in [0.29, 0.717) is 29.1 Å². The number of anilines is 1. The van der Waals surface area contributed by atoms with Gasteiger partial charge in [-0.1, -0.05) is 32.9 Å². The average molecular weight is 418 g/mol. The number of ether oxygens (including phenoxy) is 2. The van der Waals surface area contributed by atoms with E-state index in [2.05, 4.69) is 10.6 Å². The fraction of sp³-hybridized carbons (Fsp3) is 0.500. The Morgan fingerprint density at radius 1 is 1.27 bits per heavy atom. The number of carbonyl (C=O) groups excluding carboxylic acids is 3. The molecule has 8 heteroatoms. The molecule has 3 amide bonds. The van der Waals surface area contributed by atoms with Crippen molar-refractivity contribution in [1.29, 1.82) is 0 Å². The van der Waals surface area contributed by atoms with Gasteiger partial charge in [-0.25, -0.2) is 9.59 Å². The van der Waals surface area contributed by atoms with E-state index >= 15 is 0 Å². The van der Waals surface area contributed by atoms with Crippen LogP contribution in [0.25, 0.3) is 0 Å². The summed E-state index contributed by atoms with van der Waals surface area (Å²) in [5.41, 5.74) is 2.21. The summed E-state index contributed by atoms with van der Waals surface area (Å²) in [7, 11) is 1.53. The van der Waals surface area contributed by atoms with Crippen LogP contribution in [0.3, 0.4) is 0 Å². The van der Waals surface area contributed by atoms with E-state index in [-0.39, 0.29) is 31.1 Å². The molecule has 0 spiro atoms. The standard InChI is InChI=1S/C22H31N3O5/c1-6-10-25-15(4)18(21(27)30-12-11-29-5)19(24-22(25)28)16-8-7-9-17(13-16)23-20(26)14(2)3/h7-9,13-14,19H,6,10-12H2,1-5H3,(H,23,26)(H,24,28)/t19-/m0/s1. The maximum Gasteiger partial charge on any atom is 0.338 e. The van der Waals surface area contributed by atoms with E-state index < -0.39 is 12.0 Å². The molecule has 164 valence electrons. The van der Waals surface area contributed by atoms with Gasteiger partial charge < -0.3 is 20.1 Å². The van der Waals surface area contributed by atoms with Crippen molar-refractivity contribution < 1.29 is 23.9 Å².